The van der Waals surface area contributed by atoms with E-state index in [1.807, 2.05) is 12.1 Å². The van der Waals surface area contributed by atoms with Gasteiger partial charge in [0.2, 0.25) is 0 Å². The van der Waals surface area contributed by atoms with Crippen LogP contribution in [0.1, 0.15) is 36.5 Å². The number of aryl methyl sites for hydroxylation is 1. The third-order valence-electron chi connectivity index (χ3n) is 3.94. The number of rotatable bonds is 5. The maximum absolute atomic E-state index is 10.2. The Morgan fingerprint density at radius 3 is 3.05 bits per heavy atom. The molecule has 1 aliphatic heterocycles. The molecule has 1 aromatic rings. The molecule has 0 aliphatic carbocycles. The summed E-state index contributed by atoms with van der Waals surface area (Å²) >= 11 is 0. The fraction of sp³-hybridized carbons (Fsp3) is 0.625. The highest BCUT2D eigenvalue weighted by Gasteiger charge is 2.20. The first kappa shape index (κ1) is 14.5. The number of ether oxygens (including phenoxy) is 1. The summed E-state index contributed by atoms with van der Waals surface area (Å²) in [6, 6.07) is 8.14. The van der Waals surface area contributed by atoms with Crippen molar-refractivity contribution in [2.24, 2.45) is 0 Å². The number of hydrogen-bond acceptors (Lipinski definition) is 3. The second-order valence-corrected chi connectivity index (χ2v) is 5.52. The van der Waals surface area contributed by atoms with Crippen molar-refractivity contribution in [2.75, 3.05) is 26.7 Å². The number of methoxy groups -OCH3 is 1. The minimum absolute atomic E-state index is 0.358. The summed E-state index contributed by atoms with van der Waals surface area (Å²) in [5, 5.41) is 10.2. The maximum atomic E-state index is 10.2. The Kier molecular flexibility index (Phi) is 5.37. The van der Waals surface area contributed by atoms with Crippen molar-refractivity contribution >= 4 is 0 Å². The molecule has 2 atom stereocenters. The van der Waals surface area contributed by atoms with Crippen LogP contribution in [-0.2, 0) is 4.74 Å². The van der Waals surface area contributed by atoms with Crippen LogP contribution < -0.4 is 0 Å². The first-order chi connectivity index (χ1) is 9.19. The minimum atomic E-state index is -0.358. The molecule has 1 aromatic carbocycles. The summed E-state index contributed by atoms with van der Waals surface area (Å²) in [5.74, 6) is 0. The summed E-state index contributed by atoms with van der Waals surface area (Å²) in [6.07, 6.45) is 3.15. The average molecular weight is 263 g/mol. The van der Waals surface area contributed by atoms with Crippen molar-refractivity contribution in [3.8, 4) is 0 Å². The van der Waals surface area contributed by atoms with E-state index in [-0.39, 0.29) is 6.10 Å². The smallest absolute Gasteiger partial charge is 0.0802 e. The second kappa shape index (κ2) is 7.04. The second-order valence-electron chi connectivity index (χ2n) is 5.52. The van der Waals surface area contributed by atoms with Crippen LogP contribution in [0.25, 0.3) is 0 Å². The number of aliphatic hydroxyl groups is 1. The molecule has 106 valence electrons. The van der Waals surface area contributed by atoms with Crippen molar-refractivity contribution in [3.05, 3.63) is 35.4 Å². The van der Waals surface area contributed by atoms with Gasteiger partial charge in [0.1, 0.15) is 0 Å². The summed E-state index contributed by atoms with van der Waals surface area (Å²) in [6.45, 7) is 5.12. The average Bonchev–Trinajstić information content (AvgIpc) is 2.45. The monoisotopic (exact) mass is 263 g/mol. The van der Waals surface area contributed by atoms with Gasteiger partial charge >= 0.3 is 0 Å². The molecule has 1 N–H and O–H groups in total. The zero-order valence-electron chi connectivity index (χ0n) is 12.0. The first-order valence-corrected chi connectivity index (χ1v) is 7.19. The topological polar surface area (TPSA) is 32.7 Å². The Balaban J connectivity index is 1.81. The van der Waals surface area contributed by atoms with E-state index in [0.717, 1.165) is 38.0 Å². The van der Waals surface area contributed by atoms with E-state index in [9.17, 15) is 5.11 Å². The molecule has 1 fully saturated rings. The Hall–Kier alpha value is -0.900. The number of aliphatic hydroxyl groups excluding tert-OH is 1. The highest BCUT2D eigenvalue weighted by Crippen LogP contribution is 2.20. The lowest BCUT2D eigenvalue weighted by atomic mass is 10.0. The van der Waals surface area contributed by atoms with E-state index in [2.05, 4.69) is 24.0 Å². The third-order valence-corrected chi connectivity index (χ3v) is 3.94. The molecule has 2 rings (SSSR count). The molecule has 0 bridgehead atoms. The van der Waals surface area contributed by atoms with Gasteiger partial charge in [-0.15, -0.1) is 0 Å². The molecule has 1 saturated heterocycles. The van der Waals surface area contributed by atoms with Crippen LogP contribution >= 0.6 is 0 Å². The number of hydrogen-bond donors (Lipinski definition) is 1. The predicted molar refractivity (Wildman–Crippen MR) is 77.2 cm³/mol. The van der Waals surface area contributed by atoms with Crippen LogP contribution in [0.15, 0.2) is 24.3 Å². The molecule has 0 aromatic heterocycles. The molecule has 0 radical (unpaired) electrons. The molecule has 0 spiro atoms. The van der Waals surface area contributed by atoms with Crippen LogP contribution in [0.2, 0.25) is 0 Å². The molecule has 0 saturated carbocycles. The van der Waals surface area contributed by atoms with Gasteiger partial charge in [-0.3, -0.25) is 0 Å². The molecule has 2 unspecified atom stereocenters. The Bertz CT molecular complexity index is 394. The van der Waals surface area contributed by atoms with Crippen molar-refractivity contribution in [2.45, 2.75) is 38.4 Å². The van der Waals surface area contributed by atoms with E-state index < -0.39 is 0 Å². The van der Waals surface area contributed by atoms with Gasteiger partial charge in [0, 0.05) is 20.2 Å². The summed E-state index contributed by atoms with van der Waals surface area (Å²) in [7, 11) is 1.79. The summed E-state index contributed by atoms with van der Waals surface area (Å²) < 4.78 is 5.42. The molecule has 3 heteroatoms. The van der Waals surface area contributed by atoms with E-state index in [1.165, 1.54) is 12.0 Å². The molecule has 3 nitrogen and oxygen atoms in total. The predicted octanol–water partition coefficient (Wildman–Crippen LogP) is 2.53. The quantitative estimate of drug-likeness (QED) is 0.886. The number of benzene rings is 1. The van der Waals surface area contributed by atoms with Gasteiger partial charge < -0.3 is 14.7 Å². The number of nitrogens with zero attached hydrogens (tertiary/aromatic N) is 1. The minimum Gasteiger partial charge on any atom is -0.388 e. The van der Waals surface area contributed by atoms with E-state index in [4.69, 9.17) is 4.74 Å². The van der Waals surface area contributed by atoms with E-state index in [0.29, 0.717) is 6.10 Å². The van der Waals surface area contributed by atoms with Gasteiger partial charge in [0.15, 0.2) is 0 Å². The van der Waals surface area contributed by atoms with Gasteiger partial charge in [-0.05, 0) is 38.3 Å². The van der Waals surface area contributed by atoms with Crippen LogP contribution in [0.3, 0.4) is 0 Å². The SMILES string of the molecule is COC1CCCN(CCC(O)c2cccc(C)c2)C1. The molecular weight excluding hydrogens is 238 g/mol. The van der Waals surface area contributed by atoms with Gasteiger partial charge in [0.25, 0.3) is 0 Å². The van der Waals surface area contributed by atoms with Crippen molar-refractivity contribution in [1.29, 1.82) is 0 Å². The van der Waals surface area contributed by atoms with Crippen LogP contribution in [0, 0.1) is 6.92 Å². The van der Waals surface area contributed by atoms with Gasteiger partial charge in [-0.1, -0.05) is 29.8 Å². The zero-order valence-corrected chi connectivity index (χ0v) is 12.0. The highest BCUT2D eigenvalue weighted by molar-refractivity contribution is 5.23. The summed E-state index contributed by atoms with van der Waals surface area (Å²) in [4.78, 5) is 2.40. The van der Waals surface area contributed by atoms with E-state index in [1.54, 1.807) is 7.11 Å². The fourth-order valence-corrected chi connectivity index (χ4v) is 2.76. The van der Waals surface area contributed by atoms with E-state index >= 15 is 0 Å². The molecule has 1 aliphatic rings. The van der Waals surface area contributed by atoms with Gasteiger partial charge in [-0.2, -0.15) is 0 Å². The molecular formula is C16H25NO2. The van der Waals surface area contributed by atoms with Crippen molar-refractivity contribution in [3.63, 3.8) is 0 Å². The van der Waals surface area contributed by atoms with Gasteiger partial charge in [-0.25, -0.2) is 0 Å². The lowest BCUT2D eigenvalue weighted by Crippen LogP contribution is -2.40. The van der Waals surface area contributed by atoms with Crippen LogP contribution in [-0.4, -0.2) is 42.9 Å². The maximum Gasteiger partial charge on any atom is 0.0802 e. The Morgan fingerprint density at radius 2 is 2.32 bits per heavy atom. The lowest BCUT2D eigenvalue weighted by molar-refractivity contribution is 0.0255. The fourth-order valence-electron chi connectivity index (χ4n) is 2.76. The first-order valence-electron chi connectivity index (χ1n) is 7.19. The molecule has 19 heavy (non-hydrogen) atoms. The van der Waals surface area contributed by atoms with Crippen molar-refractivity contribution < 1.29 is 9.84 Å². The third kappa shape index (κ3) is 4.30. The summed E-state index contributed by atoms with van der Waals surface area (Å²) in [5.41, 5.74) is 2.23. The van der Waals surface area contributed by atoms with Crippen LogP contribution in [0.5, 0.6) is 0 Å². The molecule has 1 heterocycles. The standard InChI is InChI=1S/C16H25NO2/c1-13-5-3-6-14(11-13)16(18)8-10-17-9-4-7-15(12-17)19-2/h3,5-6,11,15-16,18H,4,7-10,12H2,1-2H3. The largest absolute Gasteiger partial charge is 0.388 e. The highest BCUT2D eigenvalue weighted by atomic mass is 16.5. The molecule has 0 amide bonds. The Labute approximate surface area is 116 Å². The Morgan fingerprint density at radius 1 is 1.47 bits per heavy atom. The van der Waals surface area contributed by atoms with Gasteiger partial charge in [0.05, 0.1) is 12.2 Å². The van der Waals surface area contributed by atoms with Crippen molar-refractivity contribution in [1.82, 2.24) is 4.90 Å². The van der Waals surface area contributed by atoms with Crippen LogP contribution in [0.4, 0.5) is 0 Å². The number of piperidine rings is 1. The number of likely N-dealkylation sites (tertiary alicyclic amines) is 1. The zero-order chi connectivity index (χ0) is 13.7. The lowest BCUT2D eigenvalue weighted by Gasteiger charge is -2.32. The normalized spacial score (nSPS) is 22.4.